The first-order chi connectivity index (χ1) is 10.8. The summed E-state index contributed by atoms with van der Waals surface area (Å²) in [6.07, 6.45) is 6.03. The molecule has 0 saturated heterocycles. The standard InChI is InChI=1S/C17H37N3O2.HI/c1-5-8-10-16(6-2)15-20-17(18-7-3)19-11-9-12-22-14-13-21-4;/h16H,5-15H2,1-4H3,(H2,18,19,20);1H. The lowest BCUT2D eigenvalue weighted by Crippen LogP contribution is -2.38. The molecule has 23 heavy (non-hydrogen) atoms. The summed E-state index contributed by atoms with van der Waals surface area (Å²) in [4.78, 5) is 4.72. The maximum atomic E-state index is 5.45. The number of nitrogens with zero attached hydrogens (tertiary/aromatic N) is 1. The summed E-state index contributed by atoms with van der Waals surface area (Å²) in [6, 6.07) is 0. The third kappa shape index (κ3) is 16.6. The monoisotopic (exact) mass is 443 g/mol. The van der Waals surface area contributed by atoms with Crippen molar-refractivity contribution in [3.63, 3.8) is 0 Å². The van der Waals surface area contributed by atoms with Crippen LogP contribution in [0.5, 0.6) is 0 Å². The second kappa shape index (κ2) is 20.0. The van der Waals surface area contributed by atoms with E-state index in [-0.39, 0.29) is 24.0 Å². The fourth-order valence-corrected chi connectivity index (χ4v) is 2.10. The fraction of sp³-hybridized carbons (Fsp3) is 0.941. The molecule has 0 amide bonds. The zero-order valence-electron chi connectivity index (χ0n) is 15.5. The Kier molecular flexibility index (Phi) is 21.8. The molecule has 0 rings (SSSR count). The summed E-state index contributed by atoms with van der Waals surface area (Å²) in [5.41, 5.74) is 0. The van der Waals surface area contributed by atoms with Gasteiger partial charge in [-0.05, 0) is 25.7 Å². The van der Waals surface area contributed by atoms with Gasteiger partial charge < -0.3 is 20.1 Å². The molecule has 140 valence electrons. The molecule has 0 aromatic carbocycles. The lowest BCUT2D eigenvalue weighted by Gasteiger charge is -2.15. The molecule has 0 aromatic rings. The summed E-state index contributed by atoms with van der Waals surface area (Å²) in [5, 5.41) is 6.68. The van der Waals surface area contributed by atoms with Crippen LogP contribution >= 0.6 is 24.0 Å². The van der Waals surface area contributed by atoms with E-state index >= 15 is 0 Å². The number of hydrogen-bond donors (Lipinski definition) is 2. The van der Waals surface area contributed by atoms with Crippen molar-refractivity contribution in [3.05, 3.63) is 0 Å². The van der Waals surface area contributed by atoms with Gasteiger partial charge in [0.05, 0.1) is 13.2 Å². The number of nitrogens with one attached hydrogen (secondary N) is 2. The normalized spacial score (nSPS) is 12.6. The van der Waals surface area contributed by atoms with Gasteiger partial charge in [-0.25, -0.2) is 0 Å². The van der Waals surface area contributed by atoms with Crippen molar-refractivity contribution in [1.82, 2.24) is 10.6 Å². The first-order valence-electron chi connectivity index (χ1n) is 8.87. The number of halogens is 1. The molecule has 0 bridgehead atoms. The van der Waals surface area contributed by atoms with Crippen molar-refractivity contribution >= 4 is 29.9 Å². The average Bonchev–Trinajstić information content (AvgIpc) is 2.54. The Bertz CT molecular complexity index is 266. The van der Waals surface area contributed by atoms with Gasteiger partial charge in [0, 0.05) is 33.4 Å². The Morgan fingerprint density at radius 1 is 1.04 bits per heavy atom. The highest BCUT2D eigenvalue weighted by molar-refractivity contribution is 14.0. The van der Waals surface area contributed by atoms with Gasteiger partial charge in [-0.1, -0.05) is 33.1 Å². The highest BCUT2D eigenvalue weighted by Gasteiger charge is 2.05. The molecule has 0 aliphatic heterocycles. The molecule has 6 heteroatoms. The third-order valence-corrected chi connectivity index (χ3v) is 3.58. The van der Waals surface area contributed by atoms with Crippen molar-refractivity contribution in [3.8, 4) is 0 Å². The number of unbranched alkanes of at least 4 members (excludes halogenated alkanes) is 1. The Hall–Kier alpha value is -0.0800. The first-order valence-corrected chi connectivity index (χ1v) is 8.87. The van der Waals surface area contributed by atoms with E-state index in [9.17, 15) is 0 Å². The summed E-state index contributed by atoms with van der Waals surface area (Å²) in [6.45, 7) is 11.4. The molecule has 0 spiro atoms. The van der Waals surface area contributed by atoms with Crippen LogP contribution in [0.3, 0.4) is 0 Å². The number of guanidine groups is 1. The lowest BCUT2D eigenvalue weighted by molar-refractivity contribution is 0.0698. The number of aliphatic imine (C=N–C) groups is 1. The smallest absolute Gasteiger partial charge is 0.191 e. The van der Waals surface area contributed by atoms with E-state index in [0.29, 0.717) is 19.1 Å². The zero-order valence-corrected chi connectivity index (χ0v) is 17.9. The van der Waals surface area contributed by atoms with E-state index in [1.54, 1.807) is 7.11 Å². The van der Waals surface area contributed by atoms with E-state index in [1.807, 2.05) is 0 Å². The molecule has 0 aromatic heterocycles. The maximum Gasteiger partial charge on any atom is 0.191 e. The van der Waals surface area contributed by atoms with Crippen molar-refractivity contribution in [2.45, 2.75) is 52.9 Å². The number of rotatable bonds is 14. The number of methoxy groups -OCH3 is 1. The van der Waals surface area contributed by atoms with Gasteiger partial charge in [0.1, 0.15) is 0 Å². The molecule has 0 aliphatic rings. The topological polar surface area (TPSA) is 54.9 Å². The molecule has 2 N–H and O–H groups in total. The largest absolute Gasteiger partial charge is 0.382 e. The van der Waals surface area contributed by atoms with E-state index < -0.39 is 0 Å². The molecular weight excluding hydrogens is 405 g/mol. The molecule has 1 unspecified atom stereocenters. The summed E-state index contributed by atoms with van der Waals surface area (Å²) in [5.74, 6) is 1.63. The highest BCUT2D eigenvalue weighted by Crippen LogP contribution is 2.12. The van der Waals surface area contributed by atoms with Gasteiger partial charge >= 0.3 is 0 Å². The quantitative estimate of drug-likeness (QED) is 0.187. The summed E-state index contributed by atoms with van der Waals surface area (Å²) in [7, 11) is 1.69. The van der Waals surface area contributed by atoms with E-state index in [1.165, 1.54) is 25.7 Å². The number of hydrogen-bond acceptors (Lipinski definition) is 3. The van der Waals surface area contributed by atoms with Crippen molar-refractivity contribution in [1.29, 1.82) is 0 Å². The summed E-state index contributed by atoms with van der Waals surface area (Å²) >= 11 is 0. The van der Waals surface area contributed by atoms with Crippen LogP contribution in [0.2, 0.25) is 0 Å². The molecular formula is C17H38IN3O2. The lowest BCUT2D eigenvalue weighted by atomic mass is 10.00. The predicted octanol–water partition coefficient (Wildman–Crippen LogP) is 3.43. The second-order valence-corrected chi connectivity index (χ2v) is 5.52. The van der Waals surface area contributed by atoms with Crippen LogP contribution in [0.15, 0.2) is 4.99 Å². The van der Waals surface area contributed by atoms with Gasteiger partial charge in [-0.2, -0.15) is 0 Å². The molecule has 0 aliphatic carbocycles. The Morgan fingerprint density at radius 3 is 2.43 bits per heavy atom. The molecule has 0 radical (unpaired) electrons. The van der Waals surface area contributed by atoms with E-state index in [4.69, 9.17) is 14.5 Å². The molecule has 0 saturated carbocycles. The van der Waals surface area contributed by atoms with Crippen LogP contribution in [-0.2, 0) is 9.47 Å². The van der Waals surface area contributed by atoms with Crippen molar-refractivity contribution in [2.75, 3.05) is 46.6 Å². The van der Waals surface area contributed by atoms with Gasteiger partial charge in [0.15, 0.2) is 5.96 Å². The zero-order chi connectivity index (χ0) is 16.5. The number of ether oxygens (including phenoxy) is 2. The van der Waals surface area contributed by atoms with Crippen LogP contribution in [0.25, 0.3) is 0 Å². The van der Waals surface area contributed by atoms with E-state index in [0.717, 1.165) is 38.6 Å². The van der Waals surface area contributed by atoms with Gasteiger partial charge in [-0.3, -0.25) is 4.99 Å². The minimum absolute atomic E-state index is 0. The fourth-order valence-electron chi connectivity index (χ4n) is 2.10. The van der Waals surface area contributed by atoms with Gasteiger partial charge in [-0.15, -0.1) is 24.0 Å². The Morgan fingerprint density at radius 2 is 1.83 bits per heavy atom. The second-order valence-electron chi connectivity index (χ2n) is 5.52. The highest BCUT2D eigenvalue weighted by atomic mass is 127. The SMILES string of the molecule is CCCCC(CC)CN=C(NCC)NCCCOCCOC.I. The van der Waals surface area contributed by atoms with E-state index in [2.05, 4.69) is 31.4 Å². The minimum atomic E-state index is 0. The molecule has 1 atom stereocenters. The average molecular weight is 443 g/mol. The summed E-state index contributed by atoms with van der Waals surface area (Å²) < 4.78 is 10.4. The molecule has 0 fully saturated rings. The maximum absolute atomic E-state index is 5.45. The van der Waals surface area contributed by atoms with Crippen LogP contribution in [-0.4, -0.2) is 52.5 Å². The van der Waals surface area contributed by atoms with Crippen LogP contribution in [0, 0.1) is 5.92 Å². The molecule has 0 heterocycles. The Balaban J connectivity index is 0. The van der Waals surface area contributed by atoms with Crippen LogP contribution < -0.4 is 10.6 Å². The van der Waals surface area contributed by atoms with Crippen LogP contribution in [0.4, 0.5) is 0 Å². The van der Waals surface area contributed by atoms with Crippen LogP contribution in [0.1, 0.15) is 52.9 Å². The van der Waals surface area contributed by atoms with Gasteiger partial charge in [0.25, 0.3) is 0 Å². The van der Waals surface area contributed by atoms with Crippen molar-refractivity contribution in [2.24, 2.45) is 10.9 Å². The predicted molar refractivity (Wildman–Crippen MR) is 110 cm³/mol. The Labute approximate surface area is 160 Å². The first kappa shape index (κ1) is 25.2. The van der Waals surface area contributed by atoms with Crippen molar-refractivity contribution < 1.29 is 9.47 Å². The molecule has 5 nitrogen and oxygen atoms in total. The third-order valence-electron chi connectivity index (χ3n) is 3.58. The van der Waals surface area contributed by atoms with Gasteiger partial charge in [0.2, 0.25) is 0 Å². The minimum Gasteiger partial charge on any atom is -0.382 e.